The van der Waals surface area contributed by atoms with Crippen LogP contribution in [0.1, 0.15) is 28.2 Å². The number of anilines is 1. The molecule has 2 heterocycles. The summed E-state index contributed by atoms with van der Waals surface area (Å²) in [6, 6.07) is 7.35. The number of nitrogens with one attached hydrogen (secondary N) is 1. The van der Waals surface area contributed by atoms with E-state index in [0.717, 1.165) is 24.6 Å². The molecular formula is C17H16F3N5O2. The lowest BCUT2D eigenvalue weighted by molar-refractivity contribution is -0.141. The highest BCUT2D eigenvalue weighted by atomic mass is 19.4. The van der Waals surface area contributed by atoms with Gasteiger partial charge in [-0.1, -0.05) is 12.1 Å². The third-order valence-electron chi connectivity index (χ3n) is 3.89. The van der Waals surface area contributed by atoms with E-state index in [1.807, 2.05) is 12.1 Å². The smallest absolute Gasteiger partial charge is 0.434 e. The number of alkyl halides is 3. The van der Waals surface area contributed by atoms with Crippen molar-refractivity contribution in [3.8, 4) is 0 Å². The van der Waals surface area contributed by atoms with Crippen LogP contribution in [-0.2, 0) is 17.3 Å². The van der Waals surface area contributed by atoms with Crippen molar-refractivity contribution in [2.24, 2.45) is 10.7 Å². The fraction of sp³-hybridized carbons (Fsp3) is 0.294. The van der Waals surface area contributed by atoms with Gasteiger partial charge in [0.2, 0.25) is 0 Å². The van der Waals surface area contributed by atoms with Crippen molar-refractivity contribution < 1.29 is 22.7 Å². The summed E-state index contributed by atoms with van der Waals surface area (Å²) >= 11 is 0. The van der Waals surface area contributed by atoms with Crippen molar-refractivity contribution in [3.05, 3.63) is 53.6 Å². The molecule has 1 aliphatic rings. The zero-order valence-electron chi connectivity index (χ0n) is 14.0. The molecule has 0 radical (unpaired) electrons. The minimum atomic E-state index is -4.60. The minimum Gasteiger partial charge on any atom is -0.463 e. The van der Waals surface area contributed by atoms with Gasteiger partial charge in [0.1, 0.15) is 12.3 Å². The van der Waals surface area contributed by atoms with Crippen LogP contribution in [0, 0.1) is 0 Å². The second-order valence-electron chi connectivity index (χ2n) is 5.91. The fourth-order valence-electron chi connectivity index (χ4n) is 2.46. The first-order valence-corrected chi connectivity index (χ1v) is 8.07. The van der Waals surface area contributed by atoms with Crippen LogP contribution in [-0.4, -0.2) is 34.5 Å². The molecule has 0 spiro atoms. The van der Waals surface area contributed by atoms with Gasteiger partial charge in [-0.25, -0.2) is 15.0 Å². The number of hydrogen-bond donors (Lipinski definition) is 2. The molecule has 2 aromatic rings. The molecule has 1 aromatic heterocycles. The minimum absolute atomic E-state index is 0.0441. The highest BCUT2D eigenvalue weighted by molar-refractivity contribution is 6.02. The van der Waals surface area contributed by atoms with E-state index < -0.39 is 17.8 Å². The molecule has 0 saturated heterocycles. The molecule has 1 amide bonds. The van der Waals surface area contributed by atoms with Crippen LogP contribution in [0.25, 0.3) is 0 Å². The molecule has 3 rings (SSSR count). The van der Waals surface area contributed by atoms with Gasteiger partial charge in [0.15, 0.2) is 5.69 Å². The first-order valence-electron chi connectivity index (χ1n) is 8.07. The molecule has 1 aliphatic heterocycles. The number of aromatic nitrogens is 2. The van der Waals surface area contributed by atoms with Crippen molar-refractivity contribution in [2.75, 3.05) is 11.9 Å². The molecule has 3 N–H and O–H groups in total. The summed E-state index contributed by atoms with van der Waals surface area (Å²) in [4.78, 5) is 22.9. The first kappa shape index (κ1) is 18.6. The Bertz CT molecular complexity index is 835. The Morgan fingerprint density at radius 1 is 1.22 bits per heavy atom. The average molecular weight is 379 g/mol. The lowest BCUT2D eigenvalue weighted by Gasteiger charge is -2.08. The van der Waals surface area contributed by atoms with Gasteiger partial charge < -0.3 is 15.8 Å². The quantitative estimate of drug-likeness (QED) is 0.830. The normalized spacial score (nSPS) is 16.6. The lowest BCUT2D eigenvalue weighted by atomic mass is 10.1. The Balaban J connectivity index is 1.55. The molecule has 142 valence electrons. The van der Waals surface area contributed by atoms with Gasteiger partial charge in [-0.3, -0.25) is 4.79 Å². The SMILES string of the molecule is NC1=NC(CCc2ccc(NC(=O)c3cnc(C(F)(F)F)cn3)cc2)CO1. The monoisotopic (exact) mass is 379 g/mol. The van der Waals surface area contributed by atoms with Crippen molar-refractivity contribution in [1.29, 1.82) is 0 Å². The largest absolute Gasteiger partial charge is 0.463 e. The van der Waals surface area contributed by atoms with Crippen LogP contribution >= 0.6 is 0 Å². The van der Waals surface area contributed by atoms with E-state index in [1.54, 1.807) is 12.1 Å². The van der Waals surface area contributed by atoms with E-state index >= 15 is 0 Å². The van der Waals surface area contributed by atoms with E-state index in [2.05, 4.69) is 20.3 Å². The molecule has 10 heteroatoms. The van der Waals surface area contributed by atoms with E-state index in [4.69, 9.17) is 10.5 Å². The lowest BCUT2D eigenvalue weighted by Crippen LogP contribution is -2.16. The van der Waals surface area contributed by atoms with E-state index in [9.17, 15) is 18.0 Å². The summed E-state index contributed by atoms with van der Waals surface area (Å²) in [5.74, 6) is -0.642. The van der Waals surface area contributed by atoms with Gasteiger partial charge >= 0.3 is 6.18 Å². The zero-order valence-corrected chi connectivity index (χ0v) is 14.0. The number of carbonyl (C=O) groups is 1. The summed E-state index contributed by atoms with van der Waals surface area (Å²) < 4.78 is 42.5. The van der Waals surface area contributed by atoms with Crippen LogP contribution in [0.3, 0.4) is 0 Å². The van der Waals surface area contributed by atoms with Gasteiger partial charge in [-0.15, -0.1) is 0 Å². The molecule has 7 nitrogen and oxygen atoms in total. The van der Waals surface area contributed by atoms with Gasteiger partial charge in [-0.2, -0.15) is 13.2 Å². The summed E-state index contributed by atoms with van der Waals surface area (Å²) in [7, 11) is 0. The topological polar surface area (TPSA) is 102 Å². The Hall–Kier alpha value is -3.17. The summed E-state index contributed by atoms with van der Waals surface area (Å²) in [5.41, 5.74) is 5.65. The summed E-state index contributed by atoms with van der Waals surface area (Å²) in [6.07, 6.45) is -1.72. The van der Waals surface area contributed by atoms with Crippen molar-refractivity contribution in [1.82, 2.24) is 9.97 Å². The molecule has 0 fully saturated rings. The summed E-state index contributed by atoms with van der Waals surface area (Å²) in [5, 5.41) is 2.57. The fourth-order valence-corrected chi connectivity index (χ4v) is 2.46. The maximum absolute atomic E-state index is 12.5. The van der Waals surface area contributed by atoms with Gasteiger partial charge in [0.25, 0.3) is 11.9 Å². The Kier molecular flexibility index (Phi) is 5.24. The zero-order chi connectivity index (χ0) is 19.4. The molecule has 1 unspecified atom stereocenters. The number of amidine groups is 1. The molecule has 0 bridgehead atoms. The second-order valence-corrected chi connectivity index (χ2v) is 5.91. The number of rotatable bonds is 5. The molecule has 0 aliphatic carbocycles. The number of nitrogens with two attached hydrogens (primary N) is 1. The Morgan fingerprint density at radius 2 is 1.96 bits per heavy atom. The highest BCUT2D eigenvalue weighted by Gasteiger charge is 2.33. The number of amides is 1. The molecule has 27 heavy (non-hydrogen) atoms. The predicted octanol–water partition coefficient (Wildman–Crippen LogP) is 2.39. The third kappa shape index (κ3) is 4.93. The Labute approximate surface area is 152 Å². The Morgan fingerprint density at radius 3 is 2.52 bits per heavy atom. The second kappa shape index (κ2) is 7.60. The van der Waals surface area contributed by atoms with Crippen molar-refractivity contribution in [2.45, 2.75) is 25.1 Å². The van der Waals surface area contributed by atoms with Crippen LogP contribution < -0.4 is 11.1 Å². The van der Waals surface area contributed by atoms with E-state index in [-0.39, 0.29) is 17.8 Å². The number of aryl methyl sites for hydroxylation is 1. The van der Waals surface area contributed by atoms with Crippen molar-refractivity contribution >= 4 is 17.6 Å². The molecule has 0 saturated carbocycles. The van der Waals surface area contributed by atoms with Gasteiger partial charge in [0.05, 0.1) is 18.4 Å². The highest BCUT2D eigenvalue weighted by Crippen LogP contribution is 2.26. The van der Waals surface area contributed by atoms with Crippen molar-refractivity contribution in [3.63, 3.8) is 0 Å². The number of carbonyl (C=O) groups excluding carboxylic acids is 1. The number of hydrogen-bond acceptors (Lipinski definition) is 6. The average Bonchev–Trinajstić information content (AvgIpc) is 3.06. The number of aliphatic imine (C=N–C) groups is 1. The van der Waals surface area contributed by atoms with Gasteiger partial charge in [0, 0.05) is 5.69 Å². The molecular weight excluding hydrogens is 363 g/mol. The molecule has 1 atom stereocenters. The molecule has 1 aromatic carbocycles. The standard InChI is InChI=1S/C17H16F3N5O2/c18-17(19,20)14-8-22-13(7-23-14)15(26)24-11-4-1-10(2-5-11)3-6-12-9-27-16(21)25-12/h1-2,4-5,7-8,12H,3,6,9H2,(H2,21,25)(H,24,26). The number of halogens is 3. The number of nitrogens with zero attached hydrogens (tertiary/aromatic N) is 3. The van der Waals surface area contributed by atoms with Gasteiger partial charge in [-0.05, 0) is 30.5 Å². The van der Waals surface area contributed by atoms with Crippen LogP contribution in [0.4, 0.5) is 18.9 Å². The van der Waals surface area contributed by atoms with E-state index in [0.29, 0.717) is 18.5 Å². The van der Waals surface area contributed by atoms with E-state index in [1.165, 1.54) is 0 Å². The third-order valence-corrected chi connectivity index (χ3v) is 3.89. The number of benzene rings is 1. The van der Waals surface area contributed by atoms with Crippen LogP contribution in [0.15, 0.2) is 41.7 Å². The summed E-state index contributed by atoms with van der Waals surface area (Å²) in [6.45, 7) is 0.480. The number of ether oxygens (including phenoxy) is 1. The predicted molar refractivity (Wildman–Crippen MR) is 91.1 cm³/mol. The maximum atomic E-state index is 12.5. The van der Waals surface area contributed by atoms with Crippen LogP contribution in [0.5, 0.6) is 0 Å². The van der Waals surface area contributed by atoms with Crippen LogP contribution in [0.2, 0.25) is 0 Å². The maximum Gasteiger partial charge on any atom is 0.434 e. The first-order chi connectivity index (χ1) is 12.8.